The van der Waals surface area contributed by atoms with E-state index in [1.165, 1.54) is 0 Å². The number of ketones is 1. The van der Waals surface area contributed by atoms with E-state index in [9.17, 15) is 4.79 Å². The number of ether oxygens (including phenoxy) is 1. The molecule has 1 aromatic rings. The van der Waals surface area contributed by atoms with E-state index in [1.807, 2.05) is 14.0 Å². The molecule has 0 saturated carbocycles. The number of carbonyl (C=O) groups is 1. The van der Waals surface area contributed by atoms with Gasteiger partial charge < -0.3 is 4.74 Å². The maximum atomic E-state index is 11.5. The van der Waals surface area contributed by atoms with Gasteiger partial charge in [-0.1, -0.05) is 0 Å². The summed E-state index contributed by atoms with van der Waals surface area (Å²) in [4.78, 5) is 11.5. The minimum absolute atomic E-state index is 0.167. The van der Waals surface area contributed by atoms with Crippen LogP contribution in [0.5, 0.6) is 0 Å². The molecule has 1 aromatic heterocycles. The van der Waals surface area contributed by atoms with Crippen molar-refractivity contribution in [2.24, 2.45) is 7.05 Å². The van der Waals surface area contributed by atoms with Crippen LogP contribution in [0.25, 0.3) is 0 Å². The fraction of sp³-hybridized carbons (Fsp3) is 0.600. The van der Waals surface area contributed by atoms with Gasteiger partial charge in [0.05, 0.1) is 22.5 Å². The first-order valence-corrected chi connectivity index (χ1v) is 5.54. The second-order valence-corrected chi connectivity index (χ2v) is 4.22. The Morgan fingerprint density at radius 1 is 1.60 bits per heavy atom. The van der Waals surface area contributed by atoms with Gasteiger partial charge in [-0.15, -0.1) is 0 Å². The van der Waals surface area contributed by atoms with Gasteiger partial charge in [-0.2, -0.15) is 5.10 Å². The SMILES string of the molecule is COCCC(=O)Cc1c(Br)c(C)nn1C. The van der Waals surface area contributed by atoms with E-state index in [1.54, 1.807) is 11.8 Å². The van der Waals surface area contributed by atoms with Crippen LogP contribution in [0.3, 0.4) is 0 Å². The van der Waals surface area contributed by atoms with Crippen LogP contribution in [0.2, 0.25) is 0 Å². The molecule has 0 unspecified atom stereocenters. The summed E-state index contributed by atoms with van der Waals surface area (Å²) in [6.45, 7) is 2.39. The smallest absolute Gasteiger partial charge is 0.141 e. The summed E-state index contributed by atoms with van der Waals surface area (Å²) in [7, 11) is 3.44. The molecule has 0 bridgehead atoms. The topological polar surface area (TPSA) is 44.1 Å². The van der Waals surface area contributed by atoms with Crippen molar-refractivity contribution >= 4 is 21.7 Å². The molecule has 0 saturated heterocycles. The Morgan fingerprint density at radius 3 is 2.73 bits per heavy atom. The molecule has 0 atom stereocenters. The van der Waals surface area contributed by atoms with Gasteiger partial charge >= 0.3 is 0 Å². The van der Waals surface area contributed by atoms with Gasteiger partial charge in [-0.3, -0.25) is 9.48 Å². The molecule has 84 valence electrons. The first-order chi connectivity index (χ1) is 7.06. The van der Waals surface area contributed by atoms with E-state index in [2.05, 4.69) is 21.0 Å². The van der Waals surface area contributed by atoms with E-state index in [4.69, 9.17) is 4.74 Å². The second kappa shape index (κ2) is 5.42. The van der Waals surface area contributed by atoms with Gasteiger partial charge in [-0.05, 0) is 22.9 Å². The standard InChI is InChI=1S/C10H15BrN2O2/c1-7-10(11)9(13(2)12-7)6-8(14)4-5-15-3/h4-6H2,1-3H3. The van der Waals surface area contributed by atoms with Crippen LogP contribution in [0.4, 0.5) is 0 Å². The summed E-state index contributed by atoms with van der Waals surface area (Å²) in [6.07, 6.45) is 0.856. The number of aromatic nitrogens is 2. The van der Waals surface area contributed by atoms with Crippen molar-refractivity contribution in [2.75, 3.05) is 13.7 Å². The normalized spacial score (nSPS) is 10.7. The van der Waals surface area contributed by atoms with Crippen molar-refractivity contribution in [2.45, 2.75) is 19.8 Å². The number of carbonyl (C=O) groups excluding carboxylic acids is 1. The molecule has 1 heterocycles. The Balaban J connectivity index is 2.68. The summed E-state index contributed by atoms with van der Waals surface area (Å²) in [5.41, 5.74) is 1.83. The molecule has 0 spiro atoms. The van der Waals surface area contributed by atoms with E-state index in [0.717, 1.165) is 15.9 Å². The number of halogens is 1. The molecule has 0 aliphatic heterocycles. The minimum Gasteiger partial charge on any atom is -0.384 e. The average molecular weight is 275 g/mol. The number of hydrogen-bond acceptors (Lipinski definition) is 3. The first-order valence-electron chi connectivity index (χ1n) is 4.75. The molecule has 0 radical (unpaired) electrons. The Kier molecular flexibility index (Phi) is 4.47. The van der Waals surface area contributed by atoms with Crippen molar-refractivity contribution in [3.05, 3.63) is 15.9 Å². The Labute approximate surface area is 97.7 Å². The molecule has 5 heteroatoms. The van der Waals surface area contributed by atoms with Crippen molar-refractivity contribution in [3.8, 4) is 0 Å². The third-order valence-corrected chi connectivity index (χ3v) is 3.24. The highest BCUT2D eigenvalue weighted by Crippen LogP contribution is 2.20. The van der Waals surface area contributed by atoms with Gasteiger partial charge in [0.1, 0.15) is 5.78 Å². The lowest BCUT2D eigenvalue weighted by Gasteiger charge is -2.02. The predicted molar refractivity (Wildman–Crippen MR) is 60.8 cm³/mol. The molecule has 0 aromatic carbocycles. The number of nitrogens with zero attached hydrogens (tertiary/aromatic N) is 2. The summed E-state index contributed by atoms with van der Waals surface area (Å²) in [6, 6.07) is 0. The molecule has 1 rings (SSSR count). The van der Waals surface area contributed by atoms with E-state index < -0.39 is 0 Å². The van der Waals surface area contributed by atoms with Gasteiger partial charge in [0.15, 0.2) is 0 Å². The highest BCUT2D eigenvalue weighted by molar-refractivity contribution is 9.10. The van der Waals surface area contributed by atoms with Crippen LogP contribution in [-0.2, 0) is 23.0 Å². The summed E-state index contributed by atoms with van der Waals surface area (Å²) in [5.74, 6) is 0.167. The Morgan fingerprint density at radius 2 is 2.27 bits per heavy atom. The lowest BCUT2D eigenvalue weighted by molar-refractivity contribution is -0.119. The van der Waals surface area contributed by atoms with Gasteiger partial charge in [0.2, 0.25) is 0 Å². The van der Waals surface area contributed by atoms with E-state index >= 15 is 0 Å². The zero-order valence-corrected chi connectivity index (χ0v) is 10.8. The van der Waals surface area contributed by atoms with Crippen LogP contribution in [0, 0.1) is 6.92 Å². The van der Waals surface area contributed by atoms with E-state index in [-0.39, 0.29) is 5.78 Å². The van der Waals surface area contributed by atoms with Crippen LogP contribution in [-0.4, -0.2) is 29.3 Å². The van der Waals surface area contributed by atoms with Crippen LogP contribution in [0.1, 0.15) is 17.8 Å². The van der Waals surface area contributed by atoms with Crippen LogP contribution < -0.4 is 0 Å². The highest BCUT2D eigenvalue weighted by Gasteiger charge is 2.13. The minimum atomic E-state index is 0.167. The third-order valence-electron chi connectivity index (χ3n) is 2.21. The third kappa shape index (κ3) is 3.14. The molecule has 0 N–H and O–H groups in total. The maximum Gasteiger partial charge on any atom is 0.141 e. The highest BCUT2D eigenvalue weighted by atomic mass is 79.9. The monoisotopic (exact) mass is 274 g/mol. The molecule has 4 nitrogen and oxygen atoms in total. The largest absolute Gasteiger partial charge is 0.384 e. The fourth-order valence-corrected chi connectivity index (χ4v) is 1.84. The average Bonchev–Trinajstić information content (AvgIpc) is 2.42. The number of hydrogen-bond donors (Lipinski definition) is 0. The van der Waals surface area contributed by atoms with Crippen molar-refractivity contribution in [1.82, 2.24) is 9.78 Å². The first kappa shape index (κ1) is 12.4. The van der Waals surface area contributed by atoms with Crippen molar-refractivity contribution in [1.29, 1.82) is 0 Å². The summed E-state index contributed by atoms with van der Waals surface area (Å²) < 4.78 is 7.53. The second-order valence-electron chi connectivity index (χ2n) is 3.43. The fourth-order valence-electron chi connectivity index (χ4n) is 1.36. The summed E-state index contributed by atoms with van der Waals surface area (Å²) in [5, 5.41) is 4.23. The summed E-state index contributed by atoms with van der Waals surface area (Å²) >= 11 is 3.43. The molecule has 0 aliphatic rings. The number of methoxy groups -OCH3 is 1. The van der Waals surface area contributed by atoms with Gasteiger partial charge in [-0.25, -0.2) is 0 Å². The predicted octanol–water partition coefficient (Wildman–Crippen LogP) is 1.64. The number of Topliss-reactive ketones (excluding diaryl/α,β-unsaturated/α-hetero) is 1. The molecule has 0 amide bonds. The van der Waals surface area contributed by atoms with Crippen molar-refractivity contribution in [3.63, 3.8) is 0 Å². The molecule has 0 fully saturated rings. The molecular weight excluding hydrogens is 260 g/mol. The van der Waals surface area contributed by atoms with Crippen LogP contribution in [0.15, 0.2) is 4.47 Å². The lowest BCUT2D eigenvalue weighted by atomic mass is 10.1. The van der Waals surface area contributed by atoms with Gasteiger partial charge in [0, 0.05) is 27.0 Å². The molecule has 0 aliphatic carbocycles. The zero-order chi connectivity index (χ0) is 11.4. The van der Waals surface area contributed by atoms with Crippen LogP contribution >= 0.6 is 15.9 Å². The maximum absolute atomic E-state index is 11.5. The Hall–Kier alpha value is -0.680. The molecule has 15 heavy (non-hydrogen) atoms. The number of aryl methyl sites for hydroxylation is 2. The quantitative estimate of drug-likeness (QED) is 0.820. The molecular formula is C10H15BrN2O2. The lowest BCUT2D eigenvalue weighted by Crippen LogP contribution is -2.10. The zero-order valence-electron chi connectivity index (χ0n) is 9.21. The number of rotatable bonds is 5. The van der Waals surface area contributed by atoms with Crippen molar-refractivity contribution < 1.29 is 9.53 Å². The van der Waals surface area contributed by atoms with E-state index in [0.29, 0.717) is 19.4 Å². The van der Waals surface area contributed by atoms with Gasteiger partial charge in [0.25, 0.3) is 0 Å². The Bertz CT molecular complexity index is 361.